The summed E-state index contributed by atoms with van der Waals surface area (Å²) in [6.45, 7) is 0. The fraction of sp³-hybridized carbons (Fsp3) is 0. The van der Waals surface area contributed by atoms with Gasteiger partial charge in [0.05, 0.1) is 23.3 Å². The van der Waals surface area contributed by atoms with Crippen LogP contribution in [0.25, 0.3) is 27.5 Å². The number of hydrogen-bond acceptors (Lipinski definition) is 4. The van der Waals surface area contributed by atoms with Gasteiger partial charge in [-0.15, -0.1) is 0 Å². The van der Waals surface area contributed by atoms with Crippen molar-refractivity contribution < 1.29 is 4.57 Å². The Morgan fingerprint density at radius 3 is 2.85 bits per heavy atom. The first-order valence-electron chi connectivity index (χ1n) is 6.21. The highest BCUT2D eigenvalue weighted by molar-refractivity contribution is 5.79. The average molecular weight is 260 g/mol. The lowest BCUT2D eigenvalue weighted by atomic mass is 10.2. The van der Waals surface area contributed by atoms with Crippen molar-refractivity contribution in [1.82, 2.24) is 19.9 Å². The minimum Gasteiger partial charge on any atom is -0.264 e. The summed E-state index contributed by atoms with van der Waals surface area (Å²) in [6.07, 6.45) is 12.7. The summed E-state index contributed by atoms with van der Waals surface area (Å²) in [7, 11) is 0. The second-order valence-corrected chi connectivity index (χ2v) is 4.48. The lowest BCUT2D eigenvalue weighted by molar-refractivity contribution is -0.594. The van der Waals surface area contributed by atoms with E-state index in [1.807, 2.05) is 41.5 Å². The van der Waals surface area contributed by atoms with Gasteiger partial charge in [0.1, 0.15) is 11.8 Å². The van der Waals surface area contributed by atoms with Crippen LogP contribution in [0.2, 0.25) is 0 Å². The summed E-state index contributed by atoms with van der Waals surface area (Å²) in [5.41, 5.74) is 2.58. The predicted molar refractivity (Wildman–Crippen MR) is 74.2 cm³/mol. The third kappa shape index (κ3) is 1.76. The summed E-state index contributed by atoms with van der Waals surface area (Å²) in [6, 6.07) is 6.04. The van der Waals surface area contributed by atoms with Gasteiger partial charge in [0.2, 0.25) is 5.69 Å². The van der Waals surface area contributed by atoms with E-state index in [0.717, 1.165) is 27.5 Å². The maximum absolute atomic E-state index is 4.38. The SMILES string of the molecule is c1cc2cc[n+](-c3cnc4cncnc4c3)cc2cn1. The van der Waals surface area contributed by atoms with E-state index in [-0.39, 0.29) is 0 Å². The van der Waals surface area contributed by atoms with Gasteiger partial charge in [0.25, 0.3) is 0 Å². The van der Waals surface area contributed by atoms with Crippen molar-refractivity contribution in [3.8, 4) is 5.69 Å². The molecule has 4 aromatic heterocycles. The minimum absolute atomic E-state index is 0.791. The fourth-order valence-electron chi connectivity index (χ4n) is 2.19. The topological polar surface area (TPSA) is 55.4 Å². The highest BCUT2D eigenvalue weighted by atomic mass is 15.0. The van der Waals surface area contributed by atoms with Crippen molar-refractivity contribution in [1.29, 1.82) is 0 Å². The van der Waals surface area contributed by atoms with E-state index in [1.54, 1.807) is 12.4 Å². The van der Waals surface area contributed by atoms with Gasteiger partial charge >= 0.3 is 0 Å². The zero-order valence-corrected chi connectivity index (χ0v) is 10.5. The van der Waals surface area contributed by atoms with Gasteiger partial charge in [-0.05, 0) is 11.5 Å². The molecule has 0 radical (unpaired) electrons. The molecule has 0 aliphatic heterocycles. The van der Waals surface area contributed by atoms with Crippen LogP contribution in [-0.4, -0.2) is 19.9 Å². The van der Waals surface area contributed by atoms with E-state index in [4.69, 9.17) is 0 Å². The van der Waals surface area contributed by atoms with Gasteiger partial charge in [-0.25, -0.2) is 15.0 Å². The monoisotopic (exact) mass is 260 g/mol. The molecule has 0 saturated heterocycles. The maximum Gasteiger partial charge on any atom is 0.231 e. The number of nitrogens with zero attached hydrogens (tertiary/aromatic N) is 5. The normalized spacial score (nSPS) is 11.0. The smallest absolute Gasteiger partial charge is 0.231 e. The molecule has 0 amide bonds. The Kier molecular flexibility index (Phi) is 2.35. The first kappa shape index (κ1) is 10.9. The third-order valence-corrected chi connectivity index (χ3v) is 3.22. The molecule has 4 aromatic rings. The molecule has 20 heavy (non-hydrogen) atoms. The Morgan fingerprint density at radius 2 is 1.85 bits per heavy atom. The number of aromatic nitrogens is 5. The minimum atomic E-state index is 0.791. The molecule has 94 valence electrons. The summed E-state index contributed by atoms with van der Waals surface area (Å²) >= 11 is 0. The maximum atomic E-state index is 4.38. The molecule has 0 aliphatic carbocycles. The molecule has 5 heteroatoms. The van der Waals surface area contributed by atoms with Crippen LogP contribution in [0.1, 0.15) is 0 Å². The molecule has 4 rings (SSSR count). The van der Waals surface area contributed by atoms with E-state index in [1.165, 1.54) is 6.33 Å². The van der Waals surface area contributed by atoms with Gasteiger partial charge in [0, 0.05) is 24.5 Å². The van der Waals surface area contributed by atoms with Crippen LogP contribution < -0.4 is 4.57 Å². The van der Waals surface area contributed by atoms with Gasteiger partial charge in [0.15, 0.2) is 12.4 Å². The van der Waals surface area contributed by atoms with Gasteiger partial charge in [-0.2, -0.15) is 4.57 Å². The zero-order chi connectivity index (χ0) is 13.4. The Balaban J connectivity index is 1.91. The summed E-state index contributed by atoms with van der Waals surface area (Å²) in [4.78, 5) is 16.7. The highest BCUT2D eigenvalue weighted by Gasteiger charge is 2.09. The first-order chi connectivity index (χ1) is 9.90. The first-order valence-corrected chi connectivity index (χ1v) is 6.21. The number of hydrogen-bond donors (Lipinski definition) is 0. The molecular weight excluding hydrogens is 250 g/mol. The van der Waals surface area contributed by atoms with E-state index < -0.39 is 0 Å². The molecule has 0 saturated carbocycles. The summed E-state index contributed by atoms with van der Waals surface area (Å²) in [5.74, 6) is 0. The van der Waals surface area contributed by atoms with E-state index in [0.29, 0.717) is 0 Å². The van der Waals surface area contributed by atoms with Gasteiger partial charge in [-0.1, -0.05) is 0 Å². The van der Waals surface area contributed by atoms with Gasteiger partial charge in [-0.3, -0.25) is 4.98 Å². The van der Waals surface area contributed by atoms with Crippen LogP contribution in [0.4, 0.5) is 0 Å². The predicted octanol–water partition coefficient (Wildman–Crippen LogP) is 1.85. The highest BCUT2D eigenvalue weighted by Crippen LogP contribution is 2.12. The van der Waals surface area contributed by atoms with E-state index >= 15 is 0 Å². The lowest BCUT2D eigenvalue weighted by Crippen LogP contribution is -2.29. The number of fused-ring (bicyclic) bond motifs is 2. The standard InChI is InChI=1S/C15H10N5/c1-3-16-6-12-9-20(4-2-11(1)12)13-5-14-15(18-7-13)8-17-10-19-14/h1-10H/q+1. The molecule has 0 N–H and O–H groups in total. The molecule has 0 atom stereocenters. The van der Waals surface area contributed by atoms with Crippen molar-refractivity contribution in [2.24, 2.45) is 0 Å². The molecule has 5 nitrogen and oxygen atoms in total. The summed E-state index contributed by atoms with van der Waals surface area (Å²) < 4.78 is 2.01. The van der Waals surface area contributed by atoms with Crippen molar-refractivity contribution in [2.45, 2.75) is 0 Å². The second kappa shape index (κ2) is 4.31. The molecular formula is C15H10N5+. The van der Waals surface area contributed by atoms with Crippen molar-refractivity contribution in [2.75, 3.05) is 0 Å². The molecule has 0 fully saturated rings. The van der Waals surface area contributed by atoms with Crippen LogP contribution in [0.3, 0.4) is 0 Å². The zero-order valence-electron chi connectivity index (χ0n) is 10.5. The average Bonchev–Trinajstić information content (AvgIpc) is 2.54. The Morgan fingerprint density at radius 1 is 0.850 bits per heavy atom. The van der Waals surface area contributed by atoms with Crippen molar-refractivity contribution in [3.63, 3.8) is 0 Å². The molecule has 4 heterocycles. The quantitative estimate of drug-likeness (QED) is 0.490. The van der Waals surface area contributed by atoms with Crippen LogP contribution in [0.5, 0.6) is 0 Å². The van der Waals surface area contributed by atoms with Crippen LogP contribution in [0, 0.1) is 0 Å². The van der Waals surface area contributed by atoms with Crippen molar-refractivity contribution in [3.05, 3.63) is 61.7 Å². The Hall–Kier alpha value is -2.95. The van der Waals surface area contributed by atoms with Crippen LogP contribution in [0.15, 0.2) is 61.7 Å². The molecule has 0 unspecified atom stereocenters. The van der Waals surface area contributed by atoms with Gasteiger partial charge < -0.3 is 0 Å². The van der Waals surface area contributed by atoms with Crippen LogP contribution >= 0.6 is 0 Å². The molecule has 0 aliphatic rings. The number of rotatable bonds is 1. The molecule has 0 bridgehead atoms. The Labute approximate surface area is 114 Å². The fourth-order valence-corrected chi connectivity index (χ4v) is 2.19. The van der Waals surface area contributed by atoms with E-state index in [9.17, 15) is 0 Å². The summed E-state index contributed by atoms with van der Waals surface area (Å²) in [5, 5.41) is 2.24. The van der Waals surface area contributed by atoms with Crippen LogP contribution in [-0.2, 0) is 0 Å². The largest absolute Gasteiger partial charge is 0.264 e. The third-order valence-electron chi connectivity index (χ3n) is 3.22. The Bertz CT molecular complexity index is 842. The second-order valence-electron chi connectivity index (χ2n) is 4.48. The van der Waals surface area contributed by atoms with E-state index in [2.05, 4.69) is 26.0 Å². The lowest BCUT2D eigenvalue weighted by Gasteiger charge is -1.99. The molecule has 0 spiro atoms. The molecule has 0 aromatic carbocycles. The number of pyridine rings is 3. The van der Waals surface area contributed by atoms with Crippen molar-refractivity contribution >= 4 is 21.8 Å².